The van der Waals surface area contributed by atoms with Crippen LogP contribution in [-0.4, -0.2) is 5.97 Å². The summed E-state index contributed by atoms with van der Waals surface area (Å²) in [5.74, 6) is -0.267. The highest BCUT2D eigenvalue weighted by atomic mass is 16.6. The number of benzene rings is 1. The summed E-state index contributed by atoms with van der Waals surface area (Å²) in [6.45, 7) is 3.92. The van der Waals surface area contributed by atoms with Crippen molar-refractivity contribution in [3.8, 4) is 0 Å². The zero-order chi connectivity index (χ0) is 10.3. The summed E-state index contributed by atoms with van der Waals surface area (Å²) in [4.78, 5) is 11.5. The van der Waals surface area contributed by atoms with E-state index in [1.165, 1.54) is 0 Å². The maximum absolute atomic E-state index is 11.5. The Hall–Kier alpha value is -1.51. The Morgan fingerprint density at radius 3 is 2.86 bits per heavy atom. The van der Waals surface area contributed by atoms with Gasteiger partial charge >= 0.3 is 5.97 Å². The highest BCUT2D eigenvalue weighted by Crippen LogP contribution is 2.39. The zero-order valence-corrected chi connectivity index (χ0v) is 8.33. The summed E-state index contributed by atoms with van der Waals surface area (Å²) >= 11 is 0. The molecule has 0 aliphatic carbocycles. The molecule has 0 saturated heterocycles. The first-order valence-corrected chi connectivity index (χ1v) is 4.70. The smallest absolute Gasteiger partial charge is 0.339 e. The van der Waals surface area contributed by atoms with Gasteiger partial charge in [-0.3, -0.25) is 0 Å². The predicted octanol–water partition coefficient (Wildman–Crippen LogP) is 2.06. The fraction of sp³-hybridized carbons (Fsp3) is 0.364. The van der Waals surface area contributed by atoms with Crippen LogP contribution in [0.3, 0.4) is 0 Å². The van der Waals surface area contributed by atoms with Crippen LogP contribution in [0.1, 0.15) is 36.2 Å². The number of nitrogen functional groups attached to an aromatic ring is 1. The van der Waals surface area contributed by atoms with E-state index in [2.05, 4.69) is 0 Å². The predicted molar refractivity (Wildman–Crippen MR) is 53.9 cm³/mol. The number of rotatable bonds is 1. The lowest BCUT2D eigenvalue weighted by atomic mass is 9.92. The molecule has 2 rings (SSSR count). The van der Waals surface area contributed by atoms with Crippen LogP contribution >= 0.6 is 0 Å². The number of carbonyl (C=O) groups excluding carboxylic acids is 1. The normalized spacial score (nSPS) is 24.6. The maximum atomic E-state index is 11.5. The molecule has 0 spiro atoms. The van der Waals surface area contributed by atoms with Gasteiger partial charge in [0.2, 0.25) is 0 Å². The van der Waals surface area contributed by atoms with Gasteiger partial charge in [0.15, 0.2) is 0 Å². The first kappa shape index (κ1) is 9.06. The summed E-state index contributed by atoms with van der Waals surface area (Å²) in [7, 11) is 0. The molecular weight excluding hydrogens is 178 g/mol. The molecule has 0 fully saturated rings. The minimum absolute atomic E-state index is 0.267. The summed E-state index contributed by atoms with van der Waals surface area (Å²) in [5.41, 5.74) is 7.29. The van der Waals surface area contributed by atoms with Crippen molar-refractivity contribution in [2.75, 3.05) is 5.73 Å². The molecule has 14 heavy (non-hydrogen) atoms. The van der Waals surface area contributed by atoms with E-state index in [9.17, 15) is 4.79 Å². The van der Waals surface area contributed by atoms with Crippen molar-refractivity contribution >= 4 is 11.7 Å². The minimum Gasteiger partial charge on any atom is -0.451 e. The van der Waals surface area contributed by atoms with Crippen molar-refractivity contribution in [2.45, 2.75) is 25.9 Å². The second-order valence-electron chi connectivity index (χ2n) is 3.78. The lowest BCUT2D eigenvalue weighted by Gasteiger charge is -2.21. The number of cyclic esters (lactones) is 1. The van der Waals surface area contributed by atoms with Gasteiger partial charge < -0.3 is 10.5 Å². The second-order valence-corrected chi connectivity index (χ2v) is 3.78. The number of carbonyl (C=O) groups is 1. The third-order valence-electron chi connectivity index (χ3n) is 2.83. The first-order chi connectivity index (χ1) is 6.57. The number of nitrogens with two attached hydrogens (primary N) is 1. The topological polar surface area (TPSA) is 52.3 Å². The van der Waals surface area contributed by atoms with E-state index in [1.54, 1.807) is 12.1 Å². The van der Waals surface area contributed by atoms with Crippen LogP contribution in [0.15, 0.2) is 18.2 Å². The molecular formula is C11H13NO2. The molecule has 1 unspecified atom stereocenters. The van der Waals surface area contributed by atoms with Gasteiger partial charge in [0.05, 0.1) is 5.56 Å². The number of anilines is 1. The molecule has 1 aromatic carbocycles. The van der Waals surface area contributed by atoms with E-state index in [-0.39, 0.29) is 5.97 Å². The fourth-order valence-corrected chi connectivity index (χ4v) is 1.77. The van der Waals surface area contributed by atoms with E-state index < -0.39 is 5.60 Å². The van der Waals surface area contributed by atoms with Gasteiger partial charge in [-0.1, -0.05) is 13.0 Å². The monoisotopic (exact) mass is 191 g/mol. The molecule has 74 valence electrons. The molecule has 0 amide bonds. The molecule has 2 N–H and O–H groups in total. The summed E-state index contributed by atoms with van der Waals surface area (Å²) < 4.78 is 5.33. The quantitative estimate of drug-likeness (QED) is 0.546. The Balaban J connectivity index is 2.61. The van der Waals surface area contributed by atoms with Crippen molar-refractivity contribution in [1.29, 1.82) is 0 Å². The van der Waals surface area contributed by atoms with Gasteiger partial charge in [-0.05, 0) is 25.5 Å². The Kier molecular flexibility index (Phi) is 1.77. The van der Waals surface area contributed by atoms with E-state index in [4.69, 9.17) is 10.5 Å². The standard InChI is InChI=1S/C11H13NO2/c1-3-11(2)9-5-4-7(12)6-8(9)10(13)14-11/h4-6H,3,12H2,1-2H3. The van der Waals surface area contributed by atoms with Crippen LogP contribution in [0.2, 0.25) is 0 Å². The van der Waals surface area contributed by atoms with Crippen molar-refractivity contribution in [1.82, 2.24) is 0 Å². The molecule has 1 aromatic rings. The summed E-state index contributed by atoms with van der Waals surface area (Å²) in [6.07, 6.45) is 0.773. The molecule has 1 atom stereocenters. The fourth-order valence-electron chi connectivity index (χ4n) is 1.77. The van der Waals surface area contributed by atoms with Gasteiger partial charge in [0.1, 0.15) is 5.60 Å². The van der Waals surface area contributed by atoms with Gasteiger partial charge in [0, 0.05) is 11.3 Å². The average Bonchev–Trinajstić information content (AvgIpc) is 2.40. The van der Waals surface area contributed by atoms with E-state index in [0.29, 0.717) is 11.3 Å². The van der Waals surface area contributed by atoms with Crippen molar-refractivity contribution in [2.24, 2.45) is 0 Å². The minimum atomic E-state index is -0.472. The Morgan fingerprint density at radius 1 is 1.50 bits per heavy atom. The molecule has 3 nitrogen and oxygen atoms in total. The summed E-state index contributed by atoms with van der Waals surface area (Å²) in [5, 5.41) is 0. The molecule has 1 aliphatic heterocycles. The van der Waals surface area contributed by atoms with Crippen LogP contribution in [0.5, 0.6) is 0 Å². The van der Waals surface area contributed by atoms with Gasteiger partial charge in [0.25, 0.3) is 0 Å². The average molecular weight is 191 g/mol. The van der Waals surface area contributed by atoms with Crippen LogP contribution in [0, 0.1) is 0 Å². The maximum Gasteiger partial charge on any atom is 0.339 e. The number of hydrogen-bond donors (Lipinski definition) is 1. The van der Waals surface area contributed by atoms with E-state index >= 15 is 0 Å². The van der Waals surface area contributed by atoms with Crippen LogP contribution < -0.4 is 5.73 Å². The number of hydrogen-bond acceptors (Lipinski definition) is 3. The Labute approximate surface area is 82.9 Å². The van der Waals surface area contributed by atoms with Gasteiger partial charge in [-0.2, -0.15) is 0 Å². The van der Waals surface area contributed by atoms with E-state index in [1.807, 2.05) is 19.9 Å². The van der Waals surface area contributed by atoms with Gasteiger partial charge in [-0.25, -0.2) is 4.79 Å². The molecule has 0 radical (unpaired) electrons. The molecule has 0 aromatic heterocycles. The third-order valence-corrected chi connectivity index (χ3v) is 2.83. The highest BCUT2D eigenvalue weighted by Gasteiger charge is 2.39. The molecule has 3 heteroatoms. The lowest BCUT2D eigenvalue weighted by Crippen LogP contribution is -2.20. The first-order valence-electron chi connectivity index (χ1n) is 4.70. The SMILES string of the molecule is CCC1(C)OC(=O)c2cc(N)ccc21. The second kappa shape index (κ2) is 2.74. The molecule has 1 aliphatic rings. The van der Waals surface area contributed by atoms with Crippen molar-refractivity contribution < 1.29 is 9.53 Å². The van der Waals surface area contributed by atoms with Crippen LogP contribution in [0.25, 0.3) is 0 Å². The number of ether oxygens (including phenoxy) is 1. The zero-order valence-electron chi connectivity index (χ0n) is 8.33. The van der Waals surface area contributed by atoms with E-state index in [0.717, 1.165) is 12.0 Å². The van der Waals surface area contributed by atoms with Crippen LogP contribution in [0.4, 0.5) is 5.69 Å². The third kappa shape index (κ3) is 1.09. The number of fused-ring (bicyclic) bond motifs is 1. The molecule has 0 saturated carbocycles. The molecule has 0 bridgehead atoms. The Bertz CT molecular complexity index is 400. The van der Waals surface area contributed by atoms with Crippen molar-refractivity contribution in [3.05, 3.63) is 29.3 Å². The van der Waals surface area contributed by atoms with Crippen molar-refractivity contribution in [3.63, 3.8) is 0 Å². The number of esters is 1. The Morgan fingerprint density at radius 2 is 2.21 bits per heavy atom. The van der Waals surface area contributed by atoms with Gasteiger partial charge in [-0.15, -0.1) is 0 Å². The lowest BCUT2D eigenvalue weighted by molar-refractivity contribution is -0.000769. The largest absolute Gasteiger partial charge is 0.451 e. The highest BCUT2D eigenvalue weighted by molar-refractivity contribution is 5.95. The molecule has 1 heterocycles. The summed E-state index contributed by atoms with van der Waals surface area (Å²) in [6, 6.07) is 5.35. The van der Waals surface area contributed by atoms with Crippen LogP contribution in [-0.2, 0) is 10.3 Å².